The lowest BCUT2D eigenvalue weighted by Gasteiger charge is -2.32. The normalized spacial score (nSPS) is 20.9. The van der Waals surface area contributed by atoms with Crippen molar-refractivity contribution in [2.45, 2.75) is 31.7 Å². The van der Waals surface area contributed by atoms with E-state index in [1.807, 2.05) is 25.1 Å². The molecule has 2 saturated heterocycles. The third-order valence-corrected chi connectivity index (χ3v) is 8.44. The zero-order valence-electron chi connectivity index (χ0n) is 24.2. The van der Waals surface area contributed by atoms with E-state index in [4.69, 9.17) is 9.47 Å². The number of aromatic hydroxyl groups is 1. The molecule has 11 nitrogen and oxygen atoms in total. The molecule has 0 aliphatic carbocycles. The van der Waals surface area contributed by atoms with Gasteiger partial charge in [-0.1, -0.05) is 12.1 Å². The van der Waals surface area contributed by atoms with Gasteiger partial charge in [0.25, 0.3) is 5.91 Å². The van der Waals surface area contributed by atoms with Gasteiger partial charge in [0.15, 0.2) is 23.0 Å². The van der Waals surface area contributed by atoms with Crippen LogP contribution >= 0.6 is 0 Å². The van der Waals surface area contributed by atoms with Crippen molar-refractivity contribution in [1.82, 2.24) is 25.1 Å². The second kappa shape index (κ2) is 11.5. The first-order valence-corrected chi connectivity index (χ1v) is 14.3. The van der Waals surface area contributed by atoms with E-state index in [-0.39, 0.29) is 41.7 Å². The van der Waals surface area contributed by atoms with Crippen LogP contribution in [0.2, 0.25) is 0 Å². The Morgan fingerprint density at radius 3 is 2.64 bits per heavy atom. The molecule has 2 fully saturated rings. The van der Waals surface area contributed by atoms with Crippen LogP contribution in [0.4, 0.5) is 5.95 Å². The first kappa shape index (κ1) is 27.8. The van der Waals surface area contributed by atoms with Crippen molar-refractivity contribution in [3.8, 4) is 23.0 Å². The standard InChI is InChI=1S/C31H36N6O5/c1-19-22(16-32-31(33-19)36-12-10-35(2)11-13-36)30(40)37-17-23-21-6-8-26(41-3)28(15-21)42-27-14-20(4-7-25(27)38)5-9-29(39)34-24(23)18-37/h4,6-8,14-16,23-24,38H,5,9-13,17-18H2,1-3H3,(H,34,39)/t23-,24+/m0/s1. The smallest absolute Gasteiger partial charge is 0.257 e. The summed E-state index contributed by atoms with van der Waals surface area (Å²) in [4.78, 5) is 42.3. The third kappa shape index (κ3) is 5.56. The molecular formula is C31H36N6O5. The molecule has 4 bridgehead atoms. The van der Waals surface area contributed by atoms with E-state index in [2.05, 4.69) is 32.1 Å². The second-order valence-corrected chi connectivity index (χ2v) is 11.3. The molecule has 3 aliphatic heterocycles. The minimum absolute atomic E-state index is 0.00252. The van der Waals surface area contributed by atoms with Crippen LogP contribution in [-0.4, -0.2) is 96.2 Å². The minimum atomic E-state index is -0.300. The van der Waals surface area contributed by atoms with Gasteiger partial charge in [-0.25, -0.2) is 9.97 Å². The summed E-state index contributed by atoms with van der Waals surface area (Å²) < 4.78 is 11.7. The van der Waals surface area contributed by atoms with Gasteiger partial charge in [-0.3, -0.25) is 9.59 Å². The van der Waals surface area contributed by atoms with Gasteiger partial charge in [-0.05, 0) is 55.8 Å². The monoisotopic (exact) mass is 572 g/mol. The topological polar surface area (TPSA) is 120 Å². The Kier molecular flexibility index (Phi) is 7.59. The highest BCUT2D eigenvalue weighted by atomic mass is 16.5. The number of nitrogens with one attached hydrogen (secondary N) is 1. The molecule has 2 amide bonds. The highest BCUT2D eigenvalue weighted by Crippen LogP contribution is 2.40. The van der Waals surface area contributed by atoms with Gasteiger partial charge >= 0.3 is 0 Å². The summed E-state index contributed by atoms with van der Waals surface area (Å²) in [5.74, 6) is 1.44. The largest absolute Gasteiger partial charge is 0.504 e. The van der Waals surface area contributed by atoms with Crippen molar-refractivity contribution in [1.29, 1.82) is 0 Å². The van der Waals surface area contributed by atoms with Crippen LogP contribution in [0.1, 0.15) is 39.5 Å². The van der Waals surface area contributed by atoms with Crippen molar-refractivity contribution in [2.75, 3.05) is 58.3 Å². The van der Waals surface area contributed by atoms with E-state index < -0.39 is 0 Å². The number of carbonyl (C=O) groups is 2. The van der Waals surface area contributed by atoms with Crippen LogP contribution in [0.15, 0.2) is 42.6 Å². The number of phenolic OH excluding ortho intramolecular Hbond substituents is 1. The number of likely N-dealkylation sites (tertiary alicyclic amines) is 1. The van der Waals surface area contributed by atoms with Crippen LogP contribution < -0.4 is 19.7 Å². The molecule has 6 rings (SSSR count). The zero-order valence-corrected chi connectivity index (χ0v) is 24.2. The maximum atomic E-state index is 13.8. The number of methoxy groups -OCH3 is 1. The van der Waals surface area contributed by atoms with E-state index in [9.17, 15) is 14.7 Å². The average Bonchev–Trinajstić information content (AvgIpc) is 3.40. The zero-order chi connectivity index (χ0) is 29.4. The van der Waals surface area contributed by atoms with Crippen molar-refractivity contribution >= 4 is 17.8 Å². The van der Waals surface area contributed by atoms with Crippen molar-refractivity contribution in [2.24, 2.45) is 0 Å². The molecule has 2 aromatic carbocycles. The van der Waals surface area contributed by atoms with E-state index >= 15 is 0 Å². The van der Waals surface area contributed by atoms with E-state index in [0.29, 0.717) is 48.2 Å². The van der Waals surface area contributed by atoms with Gasteiger partial charge in [0.05, 0.1) is 24.4 Å². The minimum Gasteiger partial charge on any atom is -0.504 e. The predicted molar refractivity (Wildman–Crippen MR) is 157 cm³/mol. The summed E-state index contributed by atoms with van der Waals surface area (Å²) in [5.41, 5.74) is 2.85. The first-order valence-electron chi connectivity index (χ1n) is 14.3. The number of aryl methyl sites for hydroxylation is 2. The molecule has 220 valence electrons. The second-order valence-electron chi connectivity index (χ2n) is 11.3. The Morgan fingerprint density at radius 2 is 1.88 bits per heavy atom. The van der Waals surface area contributed by atoms with E-state index in [0.717, 1.165) is 37.3 Å². The Labute approximate surface area is 245 Å². The molecule has 2 N–H and O–H groups in total. The molecule has 4 heterocycles. The fourth-order valence-corrected chi connectivity index (χ4v) is 5.90. The van der Waals surface area contributed by atoms with E-state index in [1.165, 1.54) is 0 Å². The van der Waals surface area contributed by atoms with Crippen LogP contribution in [0, 0.1) is 6.92 Å². The van der Waals surface area contributed by atoms with Gasteiger partial charge in [-0.2, -0.15) is 0 Å². The molecule has 3 aromatic rings. The molecule has 42 heavy (non-hydrogen) atoms. The van der Waals surface area contributed by atoms with Crippen molar-refractivity contribution in [3.05, 3.63) is 65.0 Å². The molecule has 0 spiro atoms. The summed E-state index contributed by atoms with van der Waals surface area (Å²) in [6.45, 7) is 6.16. The maximum Gasteiger partial charge on any atom is 0.257 e. The summed E-state index contributed by atoms with van der Waals surface area (Å²) in [6.07, 6.45) is 2.38. The number of anilines is 1. The number of fused-ring (bicyclic) bond motifs is 6. The van der Waals surface area contributed by atoms with Crippen LogP contribution in [-0.2, 0) is 11.2 Å². The van der Waals surface area contributed by atoms with Gasteiger partial charge < -0.3 is 34.6 Å². The highest BCUT2D eigenvalue weighted by molar-refractivity contribution is 5.95. The molecule has 1 aromatic heterocycles. The van der Waals surface area contributed by atoms with Gasteiger partial charge in [-0.15, -0.1) is 0 Å². The maximum absolute atomic E-state index is 13.8. The summed E-state index contributed by atoms with van der Waals surface area (Å²) in [6, 6.07) is 10.4. The predicted octanol–water partition coefficient (Wildman–Crippen LogP) is 2.71. The Bertz CT molecular complexity index is 1510. The number of likely N-dealkylation sites (N-methyl/N-ethyl adjacent to an activating group) is 1. The first-order chi connectivity index (χ1) is 20.3. The van der Waals surface area contributed by atoms with Crippen molar-refractivity contribution < 1.29 is 24.2 Å². The molecule has 0 unspecified atom stereocenters. The fraction of sp³-hybridized carbons (Fsp3) is 0.419. The van der Waals surface area contributed by atoms with Gasteiger partial charge in [0.2, 0.25) is 11.9 Å². The SMILES string of the molecule is COc1ccc2cc1Oc1cc(ccc1O)CCC(=O)N[C@@H]1CN(C(=O)c3cnc(N4CCN(C)CC4)nc3C)C[C@@H]21. The average molecular weight is 573 g/mol. The Hall–Kier alpha value is -4.38. The number of amides is 2. The lowest BCUT2D eigenvalue weighted by atomic mass is 9.93. The van der Waals surface area contributed by atoms with Crippen LogP contribution in [0.25, 0.3) is 0 Å². The Balaban J connectivity index is 1.28. The summed E-state index contributed by atoms with van der Waals surface area (Å²) in [5, 5.41) is 13.6. The Morgan fingerprint density at radius 1 is 1.07 bits per heavy atom. The molecule has 11 heteroatoms. The lowest BCUT2D eigenvalue weighted by molar-refractivity contribution is -0.121. The summed E-state index contributed by atoms with van der Waals surface area (Å²) in [7, 11) is 3.66. The molecule has 3 aliphatic rings. The molecule has 2 atom stereocenters. The number of ether oxygens (including phenoxy) is 2. The van der Waals surface area contributed by atoms with E-state index in [1.54, 1.807) is 36.4 Å². The highest BCUT2D eigenvalue weighted by Gasteiger charge is 2.38. The van der Waals surface area contributed by atoms with Gasteiger partial charge in [0, 0.05) is 57.8 Å². The lowest BCUT2D eigenvalue weighted by Crippen LogP contribution is -2.45. The quantitative estimate of drug-likeness (QED) is 0.488. The molecule has 0 saturated carbocycles. The van der Waals surface area contributed by atoms with Crippen LogP contribution in [0.5, 0.6) is 23.0 Å². The van der Waals surface area contributed by atoms with Crippen LogP contribution in [0.3, 0.4) is 0 Å². The number of hydrogen-bond donors (Lipinski definition) is 2. The number of hydrogen-bond acceptors (Lipinski definition) is 9. The summed E-state index contributed by atoms with van der Waals surface area (Å²) >= 11 is 0. The number of carbonyl (C=O) groups excluding carboxylic acids is 2. The molecule has 0 radical (unpaired) electrons. The molecular weight excluding hydrogens is 536 g/mol. The number of nitrogens with zero attached hydrogens (tertiary/aromatic N) is 5. The van der Waals surface area contributed by atoms with Crippen molar-refractivity contribution in [3.63, 3.8) is 0 Å². The number of phenols is 1. The van der Waals surface area contributed by atoms with Gasteiger partial charge in [0.1, 0.15) is 0 Å². The third-order valence-electron chi connectivity index (χ3n) is 8.44. The number of benzene rings is 2. The number of piperazine rings is 1. The number of aromatic nitrogens is 2. The fourth-order valence-electron chi connectivity index (χ4n) is 5.90. The number of rotatable bonds is 3.